The summed E-state index contributed by atoms with van der Waals surface area (Å²) in [5.74, 6) is -0.219. The van der Waals surface area contributed by atoms with Gasteiger partial charge in [0, 0.05) is 37.6 Å². The molecule has 8 nitrogen and oxygen atoms in total. The summed E-state index contributed by atoms with van der Waals surface area (Å²) in [5, 5.41) is 5.21. The molecule has 1 aliphatic rings. The third kappa shape index (κ3) is 4.35. The summed E-state index contributed by atoms with van der Waals surface area (Å²) in [4.78, 5) is 34.0. The van der Waals surface area contributed by atoms with Gasteiger partial charge in [0.05, 0.1) is 11.7 Å². The molecule has 0 aliphatic carbocycles. The smallest absolute Gasteiger partial charge is 0.410 e. The van der Waals surface area contributed by atoms with E-state index >= 15 is 0 Å². The van der Waals surface area contributed by atoms with E-state index < -0.39 is 0 Å². The van der Waals surface area contributed by atoms with Crippen LogP contribution in [0.5, 0.6) is 0 Å². The minimum atomic E-state index is -0.333. The van der Waals surface area contributed by atoms with E-state index in [4.69, 9.17) is 4.74 Å². The first-order valence-corrected chi connectivity index (χ1v) is 9.87. The minimum Gasteiger partial charge on any atom is -0.447 e. The van der Waals surface area contributed by atoms with Gasteiger partial charge in [-0.2, -0.15) is 0 Å². The molecule has 0 spiro atoms. The fourth-order valence-corrected chi connectivity index (χ4v) is 3.60. The van der Waals surface area contributed by atoms with Crippen molar-refractivity contribution in [2.24, 2.45) is 0 Å². The zero-order chi connectivity index (χ0) is 20.2. The van der Waals surface area contributed by atoms with Crippen molar-refractivity contribution in [1.82, 2.24) is 19.4 Å². The minimum absolute atomic E-state index is 0.112. The van der Waals surface area contributed by atoms with E-state index in [0.717, 1.165) is 5.56 Å². The molecule has 9 heteroatoms. The molecule has 0 aromatic carbocycles. The molecule has 1 N–H and O–H groups in total. The Balaban J connectivity index is 1.40. The van der Waals surface area contributed by atoms with Crippen LogP contribution in [0, 0.1) is 0 Å². The third-order valence-corrected chi connectivity index (χ3v) is 5.33. The molecule has 1 atom stereocenters. The Morgan fingerprint density at radius 1 is 1.38 bits per heavy atom. The van der Waals surface area contributed by atoms with Crippen LogP contribution < -0.4 is 5.32 Å². The average Bonchev–Trinajstić information content (AvgIpc) is 3.44. The highest BCUT2D eigenvalue weighted by Crippen LogP contribution is 2.19. The van der Waals surface area contributed by atoms with Crippen LogP contribution in [0.25, 0.3) is 6.08 Å². The van der Waals surface area contributed by atoms with Crippen LogP contribution in [0.15, 0.2) is 54.3 Å². The maximum absolute atomic E-state index is 12.7. The lowest BCUT2D eigenvalue weighted by molar-refractivity contribution is 0.101. The highest BCUT2D eigenvalue weighted by molar-refractivity contribution is 7.14. The summed E-state index contributed by atoms with van der Waals surface area (Å²) >= 11 is 1.35. The second-order valence-electron chi connectivity index (χ2n) is 6.52. The van der Waals surface area contributed by atoms with Crippen molar-refractivity contribution in [2.45, 2.75) is 12.6 Å². The third-order valence-electron chi connectivity index (χ3n) is 4.56. The molecule has 0 bridgehead atoms. The van der Waals surface area contributed by atoms with Crippen molar-refractivity contribution in [3.8, 4) is 0 Å². The molecule has 3 aromatic rings. The number of thiazole rings is 1. The van der Waals surface area contributed by atoms with Crippen LogP contribution in [0.2, 0.25) is 0 Å². The number of carbonyl (C=O) groups excluding carboxylic acids is 2. The molecule has 1 unspecified atom stereocenters. The highest BCUT2D eigenvalue weighted by Gasteiger charge is 2.27. The molecule has 1 fully saturated rings. The van der Waals surface area contributed by atoms with E-state index in [0.29, 0.717) is 29.7 Å². The zero-order valence-electron chi connectivity index (χ0n) is 15.7. The Morgan fingerprint density at radius 2 is 2.21 bits per heavy atom. The van der Waals surface area contributed by atoms with Crippen molar-refractivity contribution in [3.63, 3.8) is 0 Å². The molecule has 0 saturated carbocycles. The molecule has 0 radical (unpaired) electrons. The Bertz CT molecular complexity index is 1040. The summed E-state index contributed by atoms with van der Waals surface area (Å²) in [6.07, 6.45) is 8.68. The molecule has 2 amide bonds. The van der Waals surface area contributed by atoms with Gasteiger partial charge in [0.15, 0.2) is 5.13 Å². The molecule has 148 valence electrons. The highest BCUT2D eigenvalue weighted by atomic mass is 32.1. The van der Waals surface area contributed by atoms with Gasteiger partial charge in [-0.1, -0.05) is 6.08 Å². The van der Waals surface area contributed by atoms with Gasteiger partial charge < -0.3 is 14.2 Å². The summed E-state index contributed by atoms with van der Waals surface area (Å²) < 4.78 is 6.86. The molecule has 1 aliphatic heterocycles. The lowest BCUT2D eigenvalue weighted by Gasteiger charge is -2.10. The Hall–Kier alpha value is -3.46. The Labute approximate surface area is 171 Å². The summed E-state index contributed by atoms with van der Waals surface area (Å²) in [5.41, 5.74) is 2.33. The topological polar surface area (TPSA) is 89.4 Å². The first-order chi connectivity index (χ1) is 14.1. The van der Waals surface area contributed by atoms with Gasteiger partial charge in [-0.3, -0.25) is 15.1 Å². The van der Waals surface area contributed by atoms with Crippen LogP contribution in [-0.2, 0) is 11.3 Å². The molecular formula is C20H19N5O3S. The number of pyridine rings is 1. The number of rotatable bonds is 6. The standard InChI is InChI=1S/C20H19N5O3S/c1-24-16(12-28-20(24)27)5-4-15-13-29-19(22-15)23-18(26)17-3-2-10-25(17)11-14-6-8-21-9-7-14/h2-10,13,16H,11-12H2,1H3,(H,22,23,26). The van der Waals surface area contributed by atoms with E-state index in [9.17, 15) is 9.59 Å². The predicted octanol–water partition coefficient (Wildman–Crippen LogP) is 3.10. The van der Waals surface area contributed by atoms with Crippen LogP contribution in [0.4, 0.5) is 9.93 Å². The van der Waals surface area contributed by atoms with Crippen molar-refractivity contribution >= 4 is 34.5 Å². The first kappa shape index (κ1) is 18.9. The van der Waals surface area contributed by atoms with E-state index in [1.54, 1.807) is 25.5 Å². The summed E-state index contributed by atoms with van der Waals surface area (Å²) in [7, 11) is 1.69. The number of anilines is 1. The number of nitrogens with zero attached hydrogens (tertiary/aromatic N) is 4. The zero-order valence-corrected chi connectivity index (χ0v) is 16.5. The van der Waals surface area contributed by atoms with E-state index in [2.05, 4.69) is 15.3 Å². The SMILES string of the molecule is CN1C(=O)OCC1C=Cc1csc(NC(=O)c2cccn2Cc2ccncc2)n1. The summed E-state index contributed by atoms with van der Waals surface area (Å²) in [6, 6.07) is 7.34. The maximum atomic E-state index is 12.7. The number of cyclic esters (lactones) is 1. The number of aromatic nitrogens is 3. The van der Waals surface area contributed by atoms with Crippen molar-refractivity contribution in [3.05, 3.63) is 71.3 Å². The Morgan fingerprint density at radius 3 is 2.97 bits per heavy atom. The number of carbonyl (C=O) groups is 2. The van der Waals surface area contributed by atoms with Crippen LogP contribution in [0.3, 0.4) is 0 Å². The number of nitrogens with one attached hydrogen (secondary N) is 1. The monoisotopic (exact) mass is 409 g/mol. The van der Waals surface area contributed by atoms with Gasteiger partial charge in [-0.15, -0.1) is 11.3 Å². The fourth-order valence-electron chi connectivity index (χ4n) is 2.92. The van der Waals surface area contributed by atoms with E-state index in [1.807, 2.05) is 46.5 Å². The quantitative estimate of drug-likeness (QED) is 0.676. The molecule has 29 heavy (non-hydrogen) atoms. The number of amides is 2. The number of ether oxygens (including phenoxy) is 1. The second-order valence-corrected chi connectivity index (χ2v) is 7.38. The number of likely N-dealkylation sites (N-methyl/N-ethyl adjacent to an activating group) is 1. The first-order valence-electron chi connectivity index (χ1n) is 8.99. The molecule has 4 heterocycles. The second kappa shape index (κ2) is 8.27. The maximum Gasteiger partial charge on any atom is 0.410 e. The molecule has 3 aromatic heterocycles. The fraction of sp³-hybridized carbons (Fsp3) is 0.200. The average molecular weight is 409 g/mol. The molecule has 4 rings (SSSR count). The lowest BCUT2D eigenvalue weighted by atomic mass is 10.2. The van der Waals surface area contributed by atoms with Gasteiger partial charge in [0.1, 0.15) is 12.3 Å². The molecular weight excluding hydrogens is 390 g/mol. The van der Waals surface area contributed by atoms with Crippen LogP contribution in [0.1, 0.15) is 21.7 Å². The van der Waals surface area contributed by atoms with E-state index in [1.165, 1.54) is 16.2 Å². The van der Waals surface area contributed by atoms with Crippen molar-refractivity contribution in [2.75, 3.05) is 19.0 Å². The predicted molar refractivity (Wildman–Crippen MR) is 110 cm³/mol. The number of hydrogen-bond donors (Lipinski definition) is 1. The van der Waals surface area contributed by atoms with Gasteiger partial charge in [-0.25, -0.2) is 9.78 Å². The normalized spacial score (nSPS) is 16.4. The van der Waals surface area contributed by atoms with Gasteiger partial charge in [-0.05, 0) is 35.9 Å². The van der Waals surface area contributed by atoms with Gasteiger partial charge in [0.2, 0.25) is 0 Å². The van der Waals surface area contributed by atoms with Gasteiger partial charge in [0.25, 0.3) is 5.91 Å². The van der Waals surface area contributed by atoms with Crippen LogP contribution in [-0.4, -0.2) is 51.1 Å². The van der Waals surface area contributed by atoms with Crippen molar-refractivity contribution < 1.29 is 14.3 Å². The molecule has 1 saturated heterocycles. The van der Waals surface area contributed by atoms with Crippen molar-refractivity contribution in [1.29, 1.82) is 0 Å². The van der Waals surface area contributed by atoms with E-state index in [-0.39, 0.29) is 18.0 Å². The Kier molecular flexibility index (Phi) is 5.39. The van der Waals surface area contributed by atoms with Crippen LogP contribution >= 0.6 is 11.3 Å². The number of hydrogen-bond acceptors (Lipinski definition) is 6. The summed E-state index contributed by atoms with van der Waals surface area (Å²) in [6.45, 7) is 0.911. The lowest BCUT2D eigenvalue weighted by Crippen LogP contribution is -2.27. The van der Waals surface area contributed by atoms with Gasteiger partial charge >= 0.3 is 6.09 Å². The largest absolute Gasteiger partial charge is 0.447 e.